The molecule has 0 aliphatic heterocycles. The van der Waals surface area contributed by atoms with Gasteiger partial charge in [-0.2, -0.15) is 0 Å². The number of nitrogens with two attached hydrogens (primary N) is 1. The summed E-state index contributed by atoms with van der Waals surface area (Å²) in [6.07, 6.45) is 0. The molecule has 1 aromatic heterocycles. The van der Waals surface area contributed by atoms with Gasteiger partial charge in [0.15, 0.2) is 0 Å². The number of hydrogen-bond acceptors (Lipinski definition) is 2. The molecule has 0 radical (unpaired) electrons. The molecule has 0 aliphatic carbocycles. The normalized spacial score (nSPS) is 10.8. The lowest BCUT2D eigenvalue weighted by atomic mass is 10.1. The Hall–Kier alpha value is -1.02. The summed E-state index contributed by atoms with van der Waals surface area (Å²) in [5.74, 6) is 0. The van der Waals surface area contributed by atoms with Gasteiger partial charge in [-0.3, -0.25) is 0 Å². The summed E-state index contributed by atoms with van der Waals surface area (Å²) in [6.45, 7) is 4.30. The fourth-order valence-electron chi connectivity index (χ4n) is 1.36. The molecule has 1 heterocycles. The molecule has 1 nitrogen and oxygen atoms in total. The van der Waals surface area contributed by atoms with Crippen molar-refractivity contribution in [3.63, 3.8) is 0 Å². The first-order valence-electron chi connectivity index (χ1n) is 3.93. The molecular formula is C10H11NS. The number of thiophene rings is 1. The molecule has 12 heavy (non-hydrogen) atoms. The predicted molar refractivity (Wildman–Crippen MR) is 55.7 cm³/mol. The molecular weight excluding hydrogens is 166 g/mol. The van der Waals surface area contributed by atoms with Crippen LogP contribution in [0.4, 0.5) is 5.69 Å². The van der Waals surface area contributed by atoms with Gasteiger partial charge in [0.05, 0.1) is 0 Å². The predicted octanol–water partition coefficient (Wildman–Crippen LogP) is 3.10. The van der Waals surface area contributed by atoms with Gasteiger partial charge in [0, 0.05) is 15.3 Å². The molecule has 0 saturated heterocycles. The number of hydrogen-bond donors (Lipinski definition) is 1. The zero-order chi connectivity index (χ0) is 8.72. The van der Waals surface area contributed by atoms with Crippen LogP contribution in [0.1, 0.15) is 10.4 Å². The second kappa shape index (κ2) is 2.49. The Morgan fingerprint density at radius 1 is 1.25 bits per heavy atom. The highest BCUT2D eigenvalue weighted by atomic mass is 32.1. The second-order valence-electron chi connectivity index (χ2n) is 3.04. The first kappa shape index (κ1) is 7.62. The minimum absolute atomic E-state index is 0.850. The maximum absolute atomic E-state index is 5.71. The van der Waals surface area contributed by atoms with Crippen LogP contribution in [0, 0.1) is 13.8 Å². The van der Waals surface area contributed by atoms with Crippen molar-refractivity contribution in [1.82, 2.24) is 0 Å². The van der Waals surface area contributed by atoms with Crippen LogP contribution in [-0.2, 0) is 0 Å². The highest BCUT2D eigenvalue weighted by molar-refractivity contribution is 7.19. The number of nitrogen functional groups attached to an aromatic ring is 1. The molecule has 0 bridgehead atoms. The third kappa shape index (κ3) is 0.994. The average molecular weight is 177 g/mol. The summed E-state index contributed by atoms with van der Waals surface area (Å²) in [5, 5.41) is 1.30. The van der Waals surface area contributed by atoms with E-state index in [1.165, 1.54) is 20.5 Å². The number of rotatable bonds is 0. The highest BCUT2D eigenvalue weighted by Crippen LogP contribution is 2.31. The van der Waals surface area contributed by atoms with Gasteiger partial charge in [0.25, 0.3) is 0 Å². The van der Waals surface area contributed by atoms with Gasteiger partial charge in [-0.25, -0.2) is 0 Å². The molecule has 0 saturated carbocycles. The molecule has 2 heteroatoms. The summed E-state index contributed by atoms with van der Waals surface area (Å²) in [6, 6.07) is 6.10. The summed E-state index contributed by atoms with van der Waals surface area (Å²) in [4.78, 5) is 1.38. The minimum atomic E-state index is 0.850. The lowest BCUT2D eigenvalue weighted by molar-refractivity contribution is 1.47. The Morgan fingerprint density at radius 3 is 2.75 bits per heavy atom. The SMILES string of the molecule is Cc1sc2ccc(N)cc2c1C. The lowest BCUT2D eigenvalue weighted by Crippen LogP contribution is -1.82. The summed E-state index contributed by atoms with van der Waals surface area (Å²) in [5.41, 5.74) is 7.92. The fraction of sp³-hybridized carbons (Fsp3) is 0.200. The molecule has 0 fully saturated rings. The Kier molecular flexibility index (Phi) is 1.58. The van der Waals surface area contributed by atoms with E-state index in [1.807, 2.05) is 23.5 Å². The van der Waals surface area contributed by atoms with Crippen molar-refractivity contribution in [1.29, 1.82) is 0 Å². The molecule has 0 amide bonds. The zero-order valence-electron chi connectivity index (χ0n) is 7.22. The molecule has 0 spiro atoms. The summed E-state index contributed by atoms with van der Waals surface area (Å²) >= 11 is 1.83. The lowest BCUT2D eigenvalue weighted by Gasteiger charge is -1.93. The molecule has 0 atom stereocenters. The van der Waals surface area contributed by atoms with Crippen molar-refractivity contribution in [3.05, 3.63) is 28.6 Å². The van der Waals surface area contributed by atoms with Crippen molar-refractivity contribution < 1.29 is 0 Å². The Balaban J connectivity index is 2.88. The van der Waals surface area contributed by atoms with E-state index in [0.29, 0.717) is 0 Å². The first-order chi connectivity index (χ1) is 5.68. The van der Waals surface area contributed by atoms with Crippen LogP contribution in [0.15, 0.2) is 18.2 Å². The Bertz CT molecular complexity index is 429. The monoisotopic (exact) mass is 177 g/mol. The maximum atomic E-state index is 5.71. The molecule has 1 aromatic carbocycles. The van der Waals surface area contributed by atoms with E-state index in [4.69, 9.17) is 5.73 Å². The Morgan fingerprint density at radius 2 is 2.00 bits per heavy atom. The maximum Gasteiger partial charge on any atom is 0.0349 e. The van der Waals surface area contributed by atoms with Gasteiger partial charge in [-0.1, -0.05) is 0 Å². The fourth-order valence-corrected chi connectivity index (χ4v) is 2.41. The van der Waals surface area contributed by atoms with Crippen molar-refractivity contribution >= 4 is 27.1 Å². The summed E-state index contributed by atoms with van der Waals surface area (Å²) in [7, 11) is 0. The largest absolute Gasteiger partial charge is 0.399 e. The van der Waals surface area contributed by atoms with E-state index in [-0.39, 0.29) is 0 Å². The summed E-state index contributed by atoms with van der Waals surface area (Å²) < 4.78 is 1.33. The number of aryl methyl sites for hydroxylation is 2. The molecule has 0 aliphatic rings. The quantitative estimate of drug-likeness (QED) is 0.615. The second-order valence-corrected chi connectivity index (χ2v) is 4.30. The van der Waals surface area contributed by atoms with E-state index in [9.17, 15) is 0 Å². The van der Waals surface area contributed by atoms with Gasteiger partial charge in [0.1, 0.15) is 0 Å². The van der Waals surface area contributed by atoms with Crippen LogP contribution in [-0.4, -0.2) is 0 Å². The van der Waals surface area contributed by atoms with Crippen LogP contribution < -0.4 is 5.73 Å². The average Bonchev–Trinajstić information content (AvgIpc) is 2.31. The first-order valence-corrected chi connectivity index (χ1v) is 4.75. The third-order valence-electron chi connectivity index (χ3n) is 2.20. The molecule has 2 aromatic rings. The van der Waals surface area contributed by atoms with Gasteiger partial charge in [-0.05, 0) is 43.0 Å². The third-order valence-corrected chi connectivity index (χ3v) is 3.39. The smallest absolute Gasteiger partial charge is 0.0349 e. The Labute approximate surface area is 75.8 Å². The van der Waals surface area contributed by atoms with Crippen molar-refractivity contribution in [2.45, 2.75) is 13.8 Å². The van der Waals surface area contributed by atoms with E-state index < -0.39 is 0 Å². The topological polar surface area (TPSA) is 26.0 Å². The molecule has 62 valence electrons. The number of benzene rings is 1. The molecule has 2 N–H and O–H groups in total. The van der Waals surface area contributed by atoms with Gasteiger partial charge in [-0.15, -0.1) is 11.3 Å². The van der Waals surface area contributed by atoms with Crippen LogP contribution in [0.2, 0.25) is 0 Å². The van der Waals surface area contributed by atoms with Crippen LogP contribution in [0.5, 0.6) is 0 Å². The van der Waals surface area contributed by atoms with Gasteiger partial charge < -0.3 is 5.73 Å². The van der Waals surface area contributed by atoms with Crippen molar-refractivity contribution in [3.8, 4) is 0 Å². The van der Waals surface area contributed by atoms with E-state index in [2.05, 4.69) is 19.9 Å². The number of anilines is 1. The van der Waals surface area contributed by atoms with Crippen molar-refractivity contribution in [2.24, 2.45) is 0 Å². The van der Waals surface area contributed by atoms with Crippen LogP contribution >= 0.6 is 11.3 Å². The van der Waals surface area contributed by atoms with Gasteiger partial charge in [0.2, 0.25) is 0 Å². The molecule has 0 unspecified atom stereocenters. The molecule has 2 rings (SSSR count). The minimum Gasteiger partial charge on any atom is -0.399 e. The van der Waals surface area contributed by atoms with Crippen LogP contribution in [0.3, 0.4) is 0 Å². The van der Waals surface area contributed by atoms with E-state index in [0.717, 1.165) is 5.69 Å². The van der Waals surface area contributed by atoms with E-state index >= 15 is 0 Å². The zero-order valence-corrected chi connectivity index (χ0v) is 8.03. The highest BCUT2D eigenvalue weighted by Gasteiger charge is 2.03. The van der Waals surface area contributed by atoms with Crippen LogP contribution in [0.25, 0.3) is 10.1 Å². The standard InChI is InChI=1S/C10H11NS/c1-6-7(2)12-10-4-3-8(11)5-9(6)10/h3-5H,11H2,1-2H3. The van der Waals surface area contributed by atoms with E-state index in [1.54, 1.807) is 0 Å². The number of fused-ring (bicyclic) bond motifs is 1. The van der Waals surface area contributed by atoms with Gasteiger partial charge >= 0.3 is 0 Å². The van der Waals surface area contributed by atoms with Crippen molar-refractivity contribution in [2.75, 3.05) is 5.73 Å².